The highest BCUT2D eigenvalue weighted by Gasteiger charge is 2.38. The zero-order chi connectivity index (χ0) is 34.2. The van der Waals surface area contributed by atoms with E-state index in [-0.39, 0.29) is 10.8 Å². The van der Waals surface area contributed by atoms with Crippen LogP contribution in [0.4, 0.5) is 0 Å². The Morgan fingerprint density at radius 1 is 0.837 bits per heavy atom. The normalized spacial score (nSPS) is 18.7. The molecular weight excluding hydrogens is 633 g/mol. The maximum atomic E-state index is 9.57. The summed E-state index contributed by atoms with van der Waals surface area (Å²) >= 11 is 1.76. The van der Waals surface area contributed by atoms with Crippen LogP contribution in [-0.4, -0.2) is 94.2 Å². The van der Waals surface area contributed by atoms with E-state index in [1.807, 2.05) is 30.5 Å². The monoisotopic (exact) mass is 688 g/mol. The first-order valence-corrected chi connectivity index (χ1v) is 19.3. The molecule has 3 aliphatic heterocycles. The lowest BCUT2D eigenvalue weighted by Gasteiger charge is -2.36. The molecule has 9 heteroatoms. The number of benzene rings is 2. The number of unbranched alkanes of at least 4 members (excludes halogenated alkanes) is 1. The second-order valence-electron chi connectivity index (χ2n) is 13.6. The van der Waals surface area contributed by atoms with Crippen molar-refractivity contribution in [2.45, 2.75) is 75.5 Å². The largest absolute Gasteiger partial charge is 0.494 e. The molecule has 8 nitrogen and oxygen atoms in total. The van der Waals surface area contributed by atoms with Crippen molar-refractivity contribution in [1.29, 1.82) is 5.26 Å². The van der Waals surface area contributed by atoms with Crippen LogP contribution < -0.4 is 9.47 Å². The van der Waals surface area contributed by atoms with Crippen molar-refractivity contribution in [1.82, 2.24) is 14.8 Å². The molecule has 2 aromatic carbocycles. The van der Waals surface area contributed by atoms with Gasteiger partial charge in [-0.2, -0.15) is 5.26 Å². The molecule has 0 aliphatic carbocycles. The highest BCUT2D eigenvalue weighted by molar-refractivity contribution is 7.09. The van der Waals surface area contributed by atoms with Gasteiger partial charge in [0.15, 0.2) is 0 Å². The molecule has 0 spiro atoms. The first-order chi connectivity index (χ1) is 24.1. The number of aromatic nitrogens is 1. The highest BCUT2D eigenvalue weighted by Crippen LogP contribution is 2.42. The fourth-order valence-corrected chi connectivity index (χ4v) is 7.97. The summed E-state index contributed by atoms with van der Waals surface area (Å²) in [6, 6.07) is 19.2. The number of hydrogen-bond acceptors (Lipinski definition) is 9. The Balaban J connectivity index is 0.000000196. The SMILES string of the molecule is CCN(C)CCCOc1ccc(C2(C#N)CCOCC2)cc1.c1csc(C2(c3ccc(OCCCCN4CCCC4)cc3)CCOCC2)n1. The van der Waals surface area contributed by atoms with Crippen LogP contribution in [0.25, 0.3) is 0 Å². The molecular formula is C40H56N4O4S. The van der Waals surface area contributed by atoms with Crippen LogP contribution in [-0.2, 0) is 20.3 Å². The molecule has 0 atom stereocenters. The van der Waals surface area contributed by atoms with Gasteiger partial charge in [-0.25, -0.2) is 4.98 Å². The van der Waals surface area contributed by atoms with Crippen LogP contribution in [0.1, 0.15) is 80.8 Å². The predicted molar refractivity (Wildman–Crippen MR) is 197 cm³/mol. The molecule has 0 saturated carbocycles. The van der Waals surface area contributed by atoms with E-state index < -0.39 is 0 Å². The molecule has 266 valence electrons. The number of likely N-dealkylation sites (tertiary alicyclic amines) is 1. The summed E-state index contributed by atoms with van der Waals surface area (Å²) < 4.78 is 22.8. The molecule has 0 amide bonds. The van der Waals surface area contributed by atoms with E-state index in [0.717, 1.165) is 95.1 Å². The molecule has 1 aromatic heterocycles. The lowest BCUT2D eigenvalue weighted by molar-refractivity contribution is 0.0630. The topological polar surface area (TPSA) is 80.1 Å². The molecule has 49 heavy (non-hydrogen) atoms. The number of ether oxygens (including phenoxy) is 4. The molecule has 0 radical (unpaired) electrons. The quantitative estimate of drug-likeness (QED) is 0.152. The van der Waals surface area contributed by atoms with E-state index in [0.29, 0.717) is 13.2 Å². The second-order valence-corrected chi connectivity index (χ2v) is 14.5. The van der Waals surface area contributed by atoms with Crippen LogP contribution in [0.2, 0.25) is 0 Å². The van der Waals surface area contributed by atoms with Crippen molar-refractivity contribution in [3.8, 4) is 17.6 Å². The van der Waals surface area contributed by atoms with Crippen molar-refractivity contribution in [3.05, 3.63) is 76.2 Å². The summed E-state index contributed by atoms with van der Waals surface area (Å²) in [4.78, 5) is 9.48. The lowest BCUT2D eigenvalue weighted by Crippen LogP contribution is -2.34. The molecule has 0 bridgehead atoms. The van der Waals surface area contributed by atoms with Gasteiger partial charge >= 0.3 is 0 Å². The van der Waals surface area contributed by atoms with Gasteiger partial charge in [-0.3, -0.25) is 0 Å². The maximum absolute atomic E-state index is 9.57. The minimum absolute atomic E-state index is 0.000670. The first kappa shape index (κ1) is 37.3. The van der Waals surface area contributed by atoms with Crippen molar-refractivity contribution >= 4 is 11.3 Å². The summed E-state index contributed by atoms with van der Waals surface area (Å²) in [7, 11) is 2.12. The fourth-order valence-electron chi connectivity index (χ4n) is 7.05. The summed E-state index contributed by atoms with van der Waals surface area (Å²) in [5.41, 5.74) is 2.03. The van der Waals surface area contributed by atoms with Crippen LogP contribution >= 0.6 is 11.3 Å². The molecule has 6 rings (SSSR count). The minimum Gasteiger partial charge on any atom is -0.494 e. The van der Waals surface area contributed by atoms with E-state index in [2.05, 4.69) is 64.5 Å². The number of thiazole rings is 1. The maximum Gasteiger partial charge on any atom is 0.119 e. The third kappa shape index (κ3) is 10.5. The van der Waals surface area contributed by atoms with Crippen LogP contribution in [0.3, 0.4) is 0 Å². The van der Waals surface area contributed by atoms with E-state index in [9.17, 15) is 5.26 Å². The average molecular weight is 689 g/mol. The smallest absolute Gasteiger partial charge is 0.119 e. The summed E-state index contributed by atoms with van der Waals surface area (Å²) in [5.74, 6) is 1.85. The van der Waals surface area contributed by atoms with Crippen molar-refractivity contribution in [2.75, 3.05) is 79.4 Å². The number of nitriles is 1. The third-order valence-corrected chi connectivity index (χ3v) is 11.4. The fraction of sp³-hybridized carbons (Fsp3) is 0.600. The average Bonchev–Trinajstić information content (AvgIpc) is 3.91. The molecule has 3 aromatic rings. The Bertz CT molecular complexity index is 1380. The Morgan fingerprint density at radius 2 is 1.43 bits per heavy atom. The van der Waals surface area contributed by atoms with Crippen molar-refractivity contribution < 1.29 is 18.9 Å². The minimum atomic E-state index is -0.388. The Labute approximate surface area is 298 Å². The third-order valence-electron chi connectivity index (χ3n) is 10.4. The summed E-state index contributed by atoms with van der Waals surface area (Å²) in [6.07, 6.45) is 11.6. The molecule has 0 N–H and O–H groups in total. The summed E-state index contributed by atoms with van der Waals surface area (Å²) in [6.45, 7) is 12.5. The van der Waals surface area contributed by atoms with Gasteiger partial charge in [0.05, 0.1) is 30.1 Å². The van der Waals surface area contributed by atoms with E-state index in [1.165, 1.54) is 49.5 Å². The molecule has 4 heterocycles. The first-order valence-electron chi connectivity index (χ1n) is 18.4. The van der Waals surface area contributed by atoms with Gasteiger partial charge in [0.25, 0.3) is 0 Å². The van der Waals surface area contributed by atoms with E-state index >= 15 is 0 Å². The molecule has 3 saturated heterocycles. The van der Waals surface area contributed by atoms with Gasteiger partial charge in [0, 0.05) is 44.5 Å². The summed E-state index contributed by atoms with van der Waals surface area (Å²) in [5, 5.41) is 12.9. The standard InChI is InChI=1S/C22H30N2O2S.C18H26N2O2/c1-2-13-24(12-1)14-3-4-15-26-20-7-5-19(6-8-20)22(9-16-25-17-10-22)21-23-11-18-27-21;1-3-20(2)11-4-12-22-17-7-5-16(6-8-17)18(15-19)9-13-21-14-10-18/h5-8,11,18H,1-4,9-10,12-17H2;5-8H,3-4,9-14H2,1-2H3. The van der Waals surface area contributed by atoms with Gasteiger partial charge < -0.3 is 28.7 Å². The van der Waals surface area contributed by atoms with E-state index in [4.69, 9.17) is 18.9 Å². The zero-order valence-electron chi connectivity index (χ0n) is 29.7. The number of nitrogens with zero attached hydrogens (tertiary/aromatic N) is 4. The van der Waals surface area contributed by atoms with E-state index in [1.54, 1.807) is 11.3 Å². The Kier molecular flexibility index (Phi) is 14.8. The lowest BCUT2D eigenvalue weighted by atomic mass is 9.74. The van der Waals surface area contributed by atoms with Crippen LogP contribution in [0.5, 0.6) is 11.5 Å². The van der Waals surface area contributed by atoms with Gasteiger partial charge in [0.1, 0.15) is 16.5 Å². The Morgan fingerprint density at radius 3 is 2.00 bits per heavy atom. The van der Waals surface area contributed by atoms with Crippen molar-refractivity contribution in [3.63, 3.8) is 0 Å². The number of rotatable bonds is 15. The number of hydrogen-bond donors (Lipinski definition) is 0. The predicted octanol–water partition coefficient (Wildman–Crippen LogP) is 7.47. The van der Waals surface area contributed by atoms with Gasteiger partial charge in [-0.05, 0) is 126 Å². The van der Waals surface area contributed by atoms with Gasteiger partial charge in [-0.1, -0.05) is 31.2 Å². The molecule has 3 aliphatic rings. The highest BCUT2D eigenvalue weighted by atomic mass is 32.1. The van der Waals surface area contributed by atoms with Gasteiger partial charge in [-0.15, -0.1) is 11.3 Å². The molecule has 0 unspecified atom stereocenters. The zero-order valence-corrected chi connectivity index (χ0v) is 30.6. The molecule has 3 fully saturated rings. The van der Waals surface area contributed by atoms with Crippen molar-refractivity contribution in [2.24, 2.45) is 0 Å². The van der Waals surface area contributed by atoms with Gasteiger partial charge in [0.2, 0.25) is 0 Å². The second kappa shape index (κ2) is 19.4. The van der Waals surface area contributed by atoms with Crippen LogP contribution in [0.15, 0.2) is 60.1 Å². The Hall–Kier alpha value is -3.00. The van der Waals surface area contributed by atoms with Crippen LogP contribution in [0, 0.1) is 11.3 Å².